The Morgan fingerprint density at radius 2 is 1.95 bits per heavy atom. The molecule has 0 N–H and O–H groups in total. The molecule has 0 saturated carbocycles. The van der Waals surface area contributed by atoms with Gasteiger partial charge in [0.25, 0.3) is 10.0 Å². The summed E-state index contributed by atoms with van der Waals surface area (Å²) in [6, 6.07) is 7.71. The van der Waals surface area contributed by atoms with E-state index in [1.165, 1.54) is 22.3 Å². The second kappa shape index (κ2) is 4.75. The minimum atomic E-state index is -3.70. The summed E-state index contributed by atoms with van der Waals surface area (Å²) in [5.74, 6) is 0.00583. The standard InChI is InChI=1S/C14H12ClNO3S/c15-10-3-1-4-11(9-10)20(18,19)16-8-7-12-13(16)5-2-6-14(12)17/h1,3-4,7-9H,2,5-6H2. The molecule has 0 fully saturated rings. The molecule has 4 nitrogen and oxygen atoms in total. The van der Waals surface area contributed by atoms with Crippen LogP contribution in [0.5, 0.6) is 0 Å². The van der Waals surface area contributed by atoms with Gasteiger partial charge in [0.05, 0.1) is 4.90 Å². The summed E-state index contributed by atoms with van der Waals surface area (Å²) < 4.78 is 26.4. The van der Waals surface area contributed by atoms with E-state index < -0.39 is 10.0 Å². The van der Waals surface area contributed by atoms with E-state index in [0.717, 1.165) is 0 Å². The maximum Gasteiger partial charge on any atom is 0.267 e. The fourth-order valence-corrected chi connectivity index (χ4v) is 4.17. The lowest BCUT2D eigenvalue weighted by atomic mass is 9.97. The quantitative estimate of drug-likeness (QED) is 0.857. The molecule has 1 aliphatic carbocycles. The Labute approximate surface area is 122 Å². The largest absolute Gasteiger partial charge is 0.294 e. The van der Waals surface area contributed by atoms with Crippen molar-refractivity contribution in [2.75, 3.05) is 0 Å². The van der Waals surface area contributed by atoms with Gasteiger partial charge in [-0.15, -0.1) is 0 Å². The Balaban J connectivity index is 2.16. The lowest BCUT2D eigenvalue weighted by molar-refractivity contribution is 0.0972. The molecule has 20 heavy (non-hydrogen) atoms. The number of ketones is 1. The van der Waals surface area contributed by atoms with Gasteiger partial charge in [-0.3, -0.25) is 4.79 Å². The number of Topliss-reactive ketones (excluding diaryl/α,β-unsaturated/α-hetero) is 1. The Morgan fingerprint density at radius 1 is 1.15 bits per heavy atom. The van der Waals surface area contributed by atoms with Crippen molar-refractivity contribution in [3.63, 3.8) is 0 Å². The van der Waals surface area contributed by atoms with E-state index in [1.54, 1.807) is 18.2 Å². The second-order valence-corrected chi connectivity index (χ2v) is 6.96. The number of benzene rings is 1. The van der Waals surface area contributed by atoms with E-state index in [1.807, 2.05) is 0 Å². The van der Waals surface area contributed by atoms with Crippen molar-refractivity contribution in [1.29, 1.82) is 0 Å². The van der Waals surface area contributed by atoms with Gasteiger partial charge in [0.2, 0.25) is 0 Å². The van der Waals surface area contributed by atoms with Crippen LogP contribution in [0.2, 0.25) is 5.02 Å². The van der Waals surface area contributed by atoms with E-state index in [2.05, 4.69) is 0 Å². The smallest absolute Gasteiger partial charge is 0.267 e. The average molecular weight is 310 g/mol. The zero-order valence-corrected chi connectivity index (χ0v) is 12.1. The Morgan fingerprint density at radius 3 is 2.70 bits per heavy atom. The number of hydrogen-bond acceptors (Lipinski definition) is 3. The number of aromatic nitrogens is 1. The van der Waals surface area contributed by atoms with Crippen LogP contribution in [0.25, 0.3) is 0 Å². The van der Waals surface area contributed by atoms with Crippen LogP contribution in [0.3, 0.4) is 0 Å². The highest BCUT2D eigenvalue weighted by molar-refractivity contribution is 7.90. The fraction of sp³-hybridized carbons (Fsp3) is 0.214. The molecule has 1 heterocycles. The molecule has 0 unspecified atom stereocenters. The van der Waals surface area contributed by atoms with Crippen molar-refractivity contribution >= 4 is 27.4 Å². The first-order chi connectivity index (χ1) is 9.50. The first kappa shape index (κ1) is 13.4. The van der Waals surface area contributed by atoms with Gasteiger partial charge in [-0.25, -0.2) is 12.4 Å². The maximum atomic E-state index is 12.6. The number of nitrogens with zero attached hydrogens (tertiary/aromatic N) is 1. The number of fused-ring (bicyclic) bond motifs is 1. The molecule has 0 spiro atoms. The van der Waals surface area contributed by atoms with Crippen molar-refractivity contribution < 1.29 is 13.2 Å². The van der Waals surface area contributed by atoms with E-state index in [0.29, 0.717) is 35.5 Å². The average Bonchev–Trinajstić information content (AvgIpc) is 2.85. The van der Waals surface area contributed by atoms with Crippen LogP contribution in [0.4, 0.5) is 0 Å². The maximum absolute atomic E-state index is 12.6. The number of hydrogen-bond donors (Lipinski definition) is 0. The van der Waals surface area contributed by atoms with E-state index in [9.17, 15) is 13.2 Å². The topological polar surface area (TPSA) is 56.1 Å². The summed E-state index contributed by atoms with van der Waals surface area (Å²) in [4.78, 5) is 11.9. The minimum Gasteiger partial charge on any atom is -0.294 e. The van der Waals surface area contributed by atoms with Gasteiger partial charge in [0, 0.05) is 28.9 Å². The predicted molar refractivity (Wildman–Crippen MR) is 75.7 cm³/mol. The van der Waals surface area contributed by atoms with Crippen LogP contribution in [-0.2, 0) is 16.4 Å². The third kappa shape index (κ3) is 2.07. The van der Waals surface area contributed by atoms with Crippen molar-refractivity contribution in [2.45, 2.75) is 24.2 Å². The lowest BCUT2D eigenvalue weighted by Gasteiger charge is -2.15. The highest BCUT2D eigenvalue weighted by atomic mass is 35.5. The Kier molecular flexibility index (Phi) is 3.18. The van der Waals surface area contributed by atoms with Crippen LogP contribution in [0, 0.1) is 0 Å². The Bertz CT molecular complexity index is 793. The predicted octanol–water partition coefficient (Wildman–Crippen LogP) is 2.90. The summed E-state index contributed by atoms with van der Waals surface area (Å²) in [6.45, 7) is 0. The number of carbonyl (C=O) groups is 1. The first-order valence-electron chi connectivity index (χ1n) is 6.25. The summed E-state index contributed by atoms with van der Waals surface area (Å²) in [7, 11) is -3.70. The number of carbonyl (C=O) groups excluding carboxylic acids is 1. The molecule has 0 radical (unpaired) electrons. The van der Waals surface area contributed by atoms with E-state index in [4.69, 9.17) is 11.6 Å². The fourth-order valence-electron chi connectivity index (χ4n) is 2.46. The van der Waals surface area contributed by atoms with E-state index >= 15 is 0 Å². The van der Waals surface area contributed by atoms with Crippen LogP contribution < -0.4 is 0 Å². The second-order valence-electron chi connectivity index (χ2n) is 4.71. The zero-order chi connectivity index (χ0) is 14.3. The highest BCUT2D eigenvalue weighted by Gasteiger charge is 2.26. The molecule has 2 aromatic rings. The highest BCUT2D eigenvalue weighted by Crippen LogP contribution is 2.27. The minimum absolute atomic E-state index is 0.00583. The van der Waals surface area contributed by atoms with Crippen molar-refractivity contribution in [1.82, 2.24) is 3.97 Å². The summed E-state index contributed by atoms with van der Waals surface area (Å²) >= 11 is 5.85. The molecular formula is C14H12ClNO3S. The van der Waals surface area contributed by atoms with Crippen molar-refractivity contribution in [3.8, 4) is 0 Å². The molecule has 6 heteroatoms. The number of halogens is 1. The SMILES string of the molecule is O=C1CCCc2c1ccn2S(=O)(=O)c1cccc(Cl)c1. The van der Waals surface area contributed by atoms with Crippen LogP contribution >= 0.6 is 11.6 Å². The Hall–Kier alpha value is -1.59. The van der Waals surface area contributed by atoms with Crippen molar-refractivity contribution in [3.05, 3.63) is 52.8 Å². The molecule has 1 aromatic carbocycles. The molecular weight excluding hydrogens is 298 g/mol. The third-order valence-corrected chi connectivity index (χ3v) is 5.37. The van der Waals surface area contributed by atoms with Crippen LogP contribution in [0.15, 0.2) is 41.4 Å². The van der Waals surface area contributed by atoms with Gasteiger partial charge in [-0.1, -0.05) is 17.7 Å². The molecule has 0 bridgehead atoms. The van der Waals surface area contributed by atoms with Gasteiger partial charge >= 0.3 is 0 Å². The van der Waals surface area contributed by atoms with Gasteiger partial charge in [-0.05, 0) is 37.1 Å². The molecule has 0 aliphatic heterocycles. The van der Waals surface area contributed by atoms with Crippen LogP contribution in [0.1, 0.15) is 28.9 Å². The lowest BCUT2D eigenvalue weighted by Crippen LogP contribution is -2.19. The molecule has 0 atom stereocenters. The van der Waals surface area contributed by atoms with Crippen molar-refractivity contribution in [2.24, 2.45) is 0 Å². The first-order valence-corrected chi connectivity index (χ1v) is 8.06. The third-order valence-electron chi connectivity index (χ3n) is 3.42. The molecule has 1 aromatic heterocycles. The zero-order valence-electron chi connectivity index (χ0n) is 10.5. The summed E-state index contributed by atoms with van der Waals surface area (Å²) in [5.41, 5.74) is 1.09. The monoisotopic (exact) mass is 309 g/mol. The molecule has 0 amide bonds. The molecule has 0 saturated heterocycles. The van der Waals surface area contributed by atoms with E-state index in [-0.39, 0.29) is 10.7 Å². The normalized spacial score (nSPS) is 15.2. The molecule has 104 valence electrons. The molecule has 1 aliphatic rings. The van der Waals surface area contributed by atoms with Gasteiger partial charge in [0.1, 0.15) is 0 Å². The summed E-state index contributed by atoms with van der Waals surface area (Å²) in [5, 5.41) is 0.364. The number of rotatable bonds is 2. The van der Waals surface area contributed by atoms with Crippen LogP contribution in [-0.4, -0.2) is 18.2 Å². The summed E-state index contributed by atoms with van der Waals surface area (Å²) in [6.07, 6.45) is 3.20. The van der Waals surface area contributed by atoms with Gasteiger partial charge < -0.3 is 0 Å². The van der Waals surface area contributed by atoms with Gasteiger partial charge in [0.15, 0.2) is 5.78 Å². The molecule has 3 rings (SSSR count). The van der Waals surface area contributed by atoms with Gasteiger partial charge in [-0.2, -0.15) is 0 Å².